The molecule has 11 heteroatoms. The molecule has 11 nitrogen and oxygen atoms in total. The van der Waals surface area contributed by atoms with Crippen molar-refractivity contribution in [2.45, 2.75) is 90.4 Å². The number of fused-ring (bicyclic) bond motifs is 5. The van der Waals surface area contributed by atoms with Crippen molar-refractivity contribution in [2.75, 3.05) is 19.8 Å². The fraction of sp³-hybridized carbons (Fsp3) is 0.793. The van der Waals surface area contributed by atoms with Crippen molar-refractivity contribution < 1.29 is 44.8 Å². The number of aliphatic carboxylic acids is 1. The number of aliphatic hydroxyl groups excluding tert-OH is 3. The van der Waals surface area contributed by atoms with Crippen LogP contribution < -0.4 is 5.32 Å². The molecule has 6 N–H and O–H groups in total. The van der Waals surface area contributed by atoms with Gasteiger partial charge in [-0.25, -0.2) is 4.79 Å². The van der Waals surface area contributed by atoms with E-state index in [1.54, 1.807) is 13.8 Å². The first-order valence-corrected chi connectivity index (χ1v) is 14.2. The number of aliphatic hydroxyl groups is 4. The highest BCUT2D eigenvalue weighted by molar-refractivity contribution is 5.96. The van der Waals surface area contributed by atoms with Gasteiger partial charge in [-0.1, -0.05) is 38.4 Å². The lowest BCUT2D eigenvalue weighted by Crippen LogP contribution is -2.62. The minimum atomic E-state index is -1.62. The maximum absolute atomic E-state index is 12.6. The van der Waals surface area contributed by atoms with Crippen LogP contribution in [0, 0.1) is 34.0 Å². The molecule has 3 fully saturated rings. The Hall–Kier alpha value is -2.34. The number of nitrogens with one attached hydrogen (secondary N) is 1. The number of nitrogens with zero attached hydrogens (tertiary/aromatic N) is 1. The van der Waals surface area contributed by atoms with E-state index in [9.17, 15) is 34.8 Å². The topological polar surface area (TPSA) is 186 Å². The van der Waals surface area contributed by atoms with E-state index in [2.05, 4.69) is 17.4 Å². The number of carboxylic acids is 1. The van der Waals surface area contributed by atoms with Crippen molar-refractivity contribution in [1.82, 2.24) is 5.32 Å². The van der Waals surface area contributed by atoms with Crippen LogP contribution in [-0.2, 0) is 19.2 Å². The maximum atomic E-state index is 12.6. The van der Waals surface area contributed by atoms with E-state index < -0.39 is 52.9 Å². The molecule has 0 unspecified atom stereocenters. The van der Waals surface area contributed by atoms with Gasteiger partial charge in [-0.3, -0.25) is 9.59 Å². The lowest BCUT2D eigenvalue weighted by atomic mass is 9.45. The summed E-state index contributed by atoms with van der Waals surface area (Å²) < 4.78 is 0. The monoisotopic (exact) mass is 564 g/mol. The second-order valence-corrected chi connectivity index (χ2v) is 13.5. The summed E-state index contributed by atoms with van der Waals surface area (Å²) in [5.41, 5.74) is -1.83. The molecule has 40 heavy (non-hydrogen) atoms. The maximum Gasteiger partial charge on any atom is 0.333 e. The highest BCUT2D eigenvalue weighted by Crippen LogP contribution is 2.67. The summed E-state index contributed by atoms with van der Waals surface area (Å²) >= 11 is 0. The third kappa shape index (κ3) is 4.99. The van der Waals surface area contributed by atoms with Gasteiger partial charge in [-0.2, -0.15) is 0 Å². The highest BCUT2D eigenvalue weighted by Gasteiger charge is 2.68. The van der Waals surface area contributed by atoms with Crippen molar-refractivity contribution >= 4 is 23.4 Å². The molecule has 0 saturated heterocycles. The molecule has 4 aliphatic carbocycles. The number of Topliss-reactive ketones (excluding diaryl/α,β-unsaturated/α-hetero) is 1. The summed E-state index contributed by atoms with van der Waals surface area (Å²) in [4.78, 5) is 41.1. The van der Waals surface area contributed by atoms with E-state index >= 15 is 0 Å². The molecule has 224 valence electrons. The van der Waals surface area contributed by atoms with Gasteiger partial charge in [0, 0.05) is 17.4 Å². The third-order valence-corrected chi connectivity index (χ3v) is 10.8. The van der Waals surface area contributed by atoms with Gasteiger partial charge < -0.3 is 35.7 Å². The standard InChI is InChI=1S/C29H44N2O9/c1-26(2,24(36)25(37)38)15-30-22(35)14-40-31-17-7-9-27(3)16(11-17)5-6-18-19-8-10-29(39,21(34)13-32)28(19,4)12-20(33)23(18)27/h11,18-20,23-24,32-33,36,39H,5-10,12-15H2,1-4H3,(H,30,35)(H,37,38)/b31-17-/t18-,19-,20-,23+,24-,27-,28-,29-/m0/s1. The Kier molecular flexibility index (Phi) is 8.28. The van der Waals surface area contributed by atoms with E-state index in [1.165, 1.54) is 5.57 Å². The summed E-state index contributed by atoms with van der Waals surface area (Å²) in [5, 5.41) is 57.9. The number of hydrogen-bond acceptors (Lipinski definition) is 9. The van der Waals surface area contributed by atoms with Gasteiger partial charge in [0.05, 0.1) is 11.8 Å². The Morgan fingerprint density at radius 3 is 2.55 bits per heavy atom. The molecule has 0 aromatic rings. The third-order valence-electron chi connectivity index (χ3n) is 10.8. The molecule has 4 rings (SSSR count). The molecule has 0 aliphatic heterocycles. The summed E-state index contributed by atoms with van der Waals surface area (Å²) in [6.07, 6.45) is 3.96. The Morgan fingerprint density at radius 2 is 1.90 bits per heavy atom. The molecule has 0 heterocycles. The van der Waals surface area contributed by atoms with Crippen LogP contribution in [0.3, 0.4) is 0 Å². The van der Waals surface area contributed by atoms with Crippen LogP contribution in [0.1, 0.15) is 72.6 Å². The van der Waals surface area contributed by atoms with Crippen LogP contribution >= 0.6 is 0 Å². The summed E-state index contributed by atoms with van der Waals surface area (Å²) in [7, 11) is 0. The Bertz CT molecular complexity index is 1100. The van der Waals surface area contributed by atoms with Gasteiger partial charge in [0.25, 0.3) is 5.91 Å². The first kappa shape index (κ1) is 30.6. The van der Waals surface area contributed by atoms with Crippen molar-refractivity contribution in [1.29, 1.82) is 0 Å². The predicted octanol–water partition coefficient (Wildman–Crippen LogP) is 1.17. The number of allylic oxidation sites excluding steroid dienone is 2. The van der Waals surface area contributed by atoms with Gasteiger partial charge in [-0.15, -0.1) is 0 Å². The number of carbonyl (C=O) groups is 3. The zero-order valence-electron chi connectivity index (χ0n) is 23.9. The molecule has 0 bridgehead atoms. The Labute approximate surface area is 234 Å². The zero-order chi connectivity index (χ0) is 29.7. The number of hydrogen-bond donors (Lipinski definition) is 6. The highest BCUT2D eigenvalue weighted by atomic mass is 16.6. The van der Waals surface area contributed by atoms with Crippen LogP contribution in [0.25, 0.3) is 0 Å². The fourth-order valence-corrected chi connectivity index (χ4v) is 8.35. The largest absolute Gasteiger partial charge is 0.479 e. The van der Waals surface area contributed by atoms with Gasteiger partial charge in [0.2, 0.25) is 0 Å². The smallest absolute Gasteiger partial charge is 0.333 e. The summed E-state index contributed by atoms with van der Waals surface area (Å²) in [6, 6.07) is 0. The Balaban J connectivity index is 1.41. The van der Waals surface area contributed by atoms with E-state index in [4.69, 9.17) is 9.94 Å². The average Bonchev–Trinajstić information content (AvgIpc) is 3.17. The minimum absolute atomic E-state index is 0.0186. The molecule has 8 atom stereocenters. The number of oxime groups is 1. The number of carboxylic acid groups (broad SMARTS) is 1. The first-order chi connectivity index (χ1) is 18.6. The van der Waals surface area contributed by atoms with Crippen molar-refractivity contribution in [3.63, 3.8) is 0 Å². The predicted molar refractivity (Wildman–Crippen MR) is 144 cm³/mol. The second-order valence-electron chi connectivity index (χ2n) is 13.5. The van der Waals surface area contributed by atoms with Gasteiger partial charge >= 0.3 is 5.97 Å². The van der Waals surface area contributed by atoms with E-state index in [0.29, 0.717) is 31.4 Å². The number of amides is 1. The Morgan fingerprint density at radius 1 is 1.20 bits per heavy atom. The van der Waals surface area contributed by atoms with Gasteiger partial charge in [0.15, 0.2) is 18.5 Å². The lowest BCUT2D eigenvalue weighted by molar-refractivity contribution is -0.181. The van der Waals surface area contributed by atoms with Crippen LogP contribution in [0.5, 0.6) is 0 Å². The fourth-order valence-electron chi connectivity index (χ4n) is 8.35. The molecule has 3 saturated carbocycles. The van der Waals surface area contributed by atoms with Crippen molar-refractivity contribution in [3.8, 4) is 0 Å². The average molecular weight is 565 g/mol. The first-order valence-electron chi connectivity index (χ1n) is 14.2. The molecule has 1 amide bonds. The minimum Gasteiger partial charge on any atom is -0.479 e. The summed E-state index contributed by atoms with van der Waals surface area (Å²) in [5.74, 6) is -2.18. The van der Waals surface area contributed by atoms with Gasteiger partial charge in [-0.05, 0) is 74.2 Å². The second kappa shape index (κ2) is 10.8. The summed E-state index contributed by atoms with van der Waals surface area (Å²) in [6.45, 7) is 6.07. The van der Waals surface area contributed by atoms with Crippen LogP contribution in [-0.4, -0.2) is 86.5 Å². The molecular weight excluding hydrogens is 520 g/mol. The number of ketones is 1. The molecular formula is C29H44N2O9. The van der Waals surface area contributed by atoms with E-state index in [0.717, 1.165) is 19.3 Å². The van der Waals surface area contributed by atoms with Crippen LogP contribution in [0.15, 0.2) is 16.8 Å². The molecule has 0 aromatic carbocycles. The lowest BCUT2D eigenvalue weighted by Gasteiger charge is -2.60. The van der Waals surface area contributed by atoms with Crippen LogP contribution in [0.4, 0.5) is 0 Å². The zero-order valence-corrected chi connectivity index (χ0v) is 23.9. The molecule has 0 aromatic heterocycles. The molecule has 0 spiro atoms. The SMILES string of the molecule is CC(C)(CNC(=O)CO/N=C1\C=C2CC[C@@H]3[C@H]([C@@H](O)C[C@@]4(C)[C@H]3CC[C@]4(O)C(=O)CO)[C@@]2(C)CC1)[C@@H](O)C(=O)O. The quantitative estimate of drug-likeness (QED) is 0.224. The van der Waals surface area contributed by atoms with Crippen molar-refractivity contribution in [2.24, 2.45) is 39.2 Å². The van der Waals surface area contributed by atoms with Crippen LogP contribution in [0.2, 0.25) is 0 Å². The van der Waals surface area contributed by atoms with E-state index in [1.807, 2.05) is 13.0 Å². The van der Waals surface area contributed by atoms with E-state index in [-0.39, 0.29) is 36.3 Å². The normalized spacial score (nSPS) is 38.9. The molecule has 4 aliphatic rings. The number of carbonyl (C=O) groups excluding carboxylic acids is 2. The van der Waals surface area contributed by atoms with Crippen molar-refractivity contribution in [3.05, 3.63) is 11.6 Å². The van der Waals surface area contributed by atoms with Gasteiger partial charge in [0.1, 0.15) is 12.2 Å². The molecule has 0 radical (unpaired) electrons. The number of rotatable bonds is 9.